The summed E-state index contributed by atoms with van der Waals surface area (Å²) >= 11 is 3.41. The van der Waals surface area contributed by atoms with E-state index >= 15 is 0 Å². The number of nitrogens with one attached hydrogen (secondary N) is 1. The van der Waals surface area contributed by atoms with E-state index in [-0.39, 0.29) is 0 Å². The molecule has 0 aliphatic heterocycles. The topological polar surface area (TPSA) is 48.7 Å². The number of hydrogen-bond donors (Lipinski definition) is 1. The van der Waals surface area contributed by atoms with Crippen LogP contribution in [0.25, 0.3) is 0 Å². The van der Waals surface area contributed by atoms with Crippen LogP contribution in [0.1, 0.15) is 24.8 Å². The van der Waals surface area contributed by atoms with Crippen molar-refractivity contribution in [3.63, 3.8) is 0 Å². The molecule has 3 nitrogen and oxygen atoms in total. The lowest BCUT2D eigenvalue weighted by molar-refractivity contribution is 0.782. The summed E-state index contributed by atoms with van der Waals surface area (Å²) in [4.78, 5) is 4.23. The molecule has 0 unspecified atom stereocenters. The van der Waals surface area contributed by atoms with E-state index in [0.717, 1.165) is 29.7 Å². The fourth-order valence-corrected chi connectivity index (χ4v) is 1.40. The van der Waals surface area contributed by atoms with Gasteiger partial charge < -0.3 is 5.32 Å². The molecule has 0 saturated carbocycles. The molecule has 0 bridgehead atoms. The lowest BCUT2D eigenvalue weighted by Crippen LogP contribution is -2.03. The summed E-state index contributed by atoms with van der Waals surface area (Å²) in [6, 6.07) is 4.14. The van der Waals surface area contributed by atoms with Gasteiger partial charge in [0.05, 0.1) is 6.07 Å². The Hall–Kier alpha value is -1.08. The smallest absolute Gasteiger partial charge is 0.126 e. The molecule has 15 heavy (non-hydrogen) atoms. The maximum Gasteiger partial charge on any atom is 0.126 e. The van der Waals surface area contributed by atoms with E-state index in [2.05, 4.69) is 32.3 Å². The predicted molar refractivity (Wildman–Crippen MR) is 64.6 cm³/mol. The third-order valence-corrected chi connectivity index (χ3v) is 2.90. The van der Waals surface area contributed by atoms with Gasteiger partial charge in [-0.2, -0.15) is 5.26 Å². The zero-order valence-electron chi connectivity index (χ0n) is 8.76. The number of halogens is 1. The van der Waals surface area contributed by atoms with Gasteiger partial charge in [-0.15, -0.1) is 0 Å². The van der Waals surface area contributed by atoms with Crippen molar-refractivity contribution < 1.29 is 0 Å². The van der Waals surface area contributed by atoms with Crippen LogP contribution in [0, 0.1) is 18.3 Å². The highest BCUT2D eigenvalue weighted by atomic mass is 79.9. The van der Waals surface area contributed by atoms with Crippen LogP contribution in [0.15, 0.2) is 16.7 Å². The molecule has 1 aromatic heterocycles. The minimum atomic E-state index is 0.633. The standard InChI is InChI=1S/C11H14BrN3/c1-9-7-11(15-8-10(9)12)14-6-4-2-3-5-13/h7-8H,2-4,6H2,1H3,(H,14,15). The fraction of sp³-hybridized carbons (Fsp3) is 0.455. The molecule has 1 heterocycles. The molecule has 0 radical (unpaired) electrons. The molecule has 0 spiro atoms. The van der Waals surface area contributed by atoms with E-state index in [1.54, 1.807) is 6.20 Å². The molecule has 0 aliphatic rings. The van der Waals surface area contributed by atoms with E-state index in [9.17, 15) is 0 Å². The lowest BCUT2D eigenvalue weighted by atomic mass is 10.2. The second-order valence-corrected chi connectivity index (χ2v) is 4.22. The highest BCUT2D eigenvalue weighted by Crippen LogP contribution is 2.17. The minimum absolute atomic E-state index is 0.633. The molecule has 4 heteroatoms. The number of rotatable bonds is 5. The summed E-state index contributed by atoms with van der Waals surface area (Å²) < 4.78 is 1.03. The summed E-state index contributed by atoms with van der Waals surface area (Å²) in [5, 5.41) is 11.6. The van der Waals surface area contributed by atoms with Crippen molar-refractivity contribution in [2.45, 2.75) is 26.2 Å². The van der Waals surface area contributed by atoms with Crippen molar-refractivity contribution in [3.8, 4) is 6.07 Å². The normalized spacial score (nSPS) is 9.67. The average molecular weight is 268 g/mol. The third-order valence-electron chi connectivity index (χ3n) is 2.07. The van der Waals surface area contributed by atoms with Crippen LogP contribution in [0.3, 0.4) is 0 Å². The summed E-state index contributed by atoms with van der Waals surface area (Å²) in [5.74, 6) is 0.896. The van der Waals surface area contributed by atoms with Crippen molar-refractivity contribution in [1.82, 2.24) is 4.98 Å². The van der Waals surface area contributed by atoms with Crippen LogP contribution >= 0.6 is 15.9 Å². The Kier molecular flexibility index (Phi) is 5.13. The van der Waals surface area contributed by atoms with Gasteiger partial charge in [-0.25, -0.2) is 4.98 Å². The van der Waals surface area contributed by atoms with E-state index in [4.69, 9.17) is 5.26 Å². The third kappa shape index (κ3) is 4.30. The molecule has 0 amide bonds. The second kappa shape index (κ2) is 6.41. The van der Waals surface area contributed by atoms with Gasteiger partial charge in [0.1, 0.15) is 5.82 Å². The average Bonchev–Trinajstić information content (AvgIpc) is 2.23. The Morgan fingerprint density at radius 1 is 1.53 bits per heavy atom. The Morgan fingerprint density at radius 2 is 2.33 bits per heavy atom. The Morgan fingerprint density at radius 3 is 3.00 bits per heavy atom. The summed E-state index contributed by atoms with van der Waals surface area (Å²) in [6.07, 6.45) is 4.38. The second-order valence-electron chi connectivity index (χ2n) is 3.36. The molecular formula is C11H14BrN3. The molecule has 0 fully saturated rings. The van der Waals surface area contributed by atoms with Crippen LogP contribution in [-0.2, 0) is 0 Å². The summed E-state index contributed by atoms with van der Waals surface area (Å²) in [6.45, 7) is 2.91. The molecular weight excluding hydrogens is 254 g/mol. The molecule has 80 valence electrons. The van der Waals surface area contributed by atoms with Crippen LogP contribution < -0.4 is 5.32 Å². The SMILES string of the molecule is Cc1cc(NCCCCC#N)ncc1Br. The van der Waals surface area contributed by atoms with Crippen LogP contribution in [-0.4, -0.2) is 11.5 Å². The number of aryl methyl sites for hydroxylation is 1. The number of unbranched alkanes of at least 4 members (excludes halogenated alkanes) is 2. The monoisotopic (exact) mass is 267 g/mol. The Bertz CT molecular complexity index is 357. The van der Waals surface area contributed by atoms with E-state index in [1.165, 1.54) is 5.56 Å². The maximum atomic E-state index is 8.36. The van der Waals surface area contributed by atoms with Crippen molar-refractivity contribution >= 4 is 21.7 Å². The highest BCUT2D eigenvalue weighted by Gasteiger charge is 1.97. The number of nitriles is 1. The lowest BCUT2D eigenvalue weighted by Gasteiger charge is -2.06. The van der Waals surface area contributed by atoms with Crippen molar-refractivity contribution in [1.29, 1.82) is 5.26 Å². The number of pyridine rings is 1. The number of nitrogens with zero attached hydrogens (tertiary/aromatic N) is 2. The highest BCUT2D eigenvalue weighted by molar-refractivity contribution is 9.10. The van der Waals surface area contributed by atoms with Crippen LogP contribution in [0.5, 0.6) is 0 Å². The van der Waals surface area contributed by atoms with Gasteiger partial charge in [0.25, 0.3) is 0 Å². The predicted octanol–water partition coefficient (Wildman–Crippen LogP) is 3.26. The van der Waals surface area contributed by atoms with Gasteiger partial charge in [0.15, 0.2) is 0 Å². The van der Waals surface area contributed by atoms with Crippen molar-refractivity contribution in [2.24, 2.45) is 0 Å². The first-order chi connectivity index (χ1) is 7.24. The first-order valence-corrected chi connectivity index (χ1v) is 5.76. The largest absolute Gasteiger partial charge is 0.370 e. The van der Waals surface area contributed by atoms with Gasteiger partial charge in [0.2, 0.25) is 0 Å². The van der Waals surface area contributed by atoms with E-state index in [1.807, 2.05) is 13.0 Å². The Balaban J connectivity index is 2.32. The summed E-state index contributed by atoms with van der Waals surface area (Å²) in [7, 11) is 0. The maximum absolute atomic E-state index is 8.36. The molecule has 1 N–H and O–H groups in total. The number of hydrogen-bond acceptors (Lipinski definition) is 3. The first-order valence-electron chi connectivity index (χ1n) is 4.97. The van der Waals surface area contributed by atoms with Crippen molar-refractivity contribution in [2.75, 3.05) is 11.9 Å². The zero-order valence-corrected chi connectivity index (χ0v) is 10.3. The van der Waals surface area contributed by atoms with Gasteiger partial charge in [-0.05, 0) is 47.3 Å². The Labute approximate surface area is 98.7 Å². The first kappa shape index (κ1) is 12.0. The number of anilines is 1. The van der Waals surface area contributed by atoms with Gasteiger partial charge >= 0.3 is 0 Å². The van der Waals surface area contributed by atoms with Crippen LogP contribution in [0.4, 0.5) is 5.82 Å². The van der Waals surface area contributed by atoms with E-state index < -0.39 is 0 Å². The molecule has 0 saturated heterocycles. The summed E-state index contributed by atoms with van der Waals surface area (Å²) in [5.41, 5.74) is 1.17. The van der Waals surface area contributed by atoms with Gasteiger partial charge in [0, 0.05) is 23.6 Å². The molecule has 1 rings (SSSR count). The van der Waals surface area contributed by atoms with E-state index in [0.29, 0.717) is 6.42 Å². The molecule has 1 aromatic rings. The zero-order chi connectivity index (χ0) is 11.1. The molecule has 0 aromatic carbocycles. The van der Waals surface area contributed by atoms with Crippen molar-refractivity contribution in [3.05, 3.63) is 22.3 Å². The van der Waals surface area contributed by atoms with Crippen LogP contribution in [0.2, 0.25) is 0 Å². The minimum Gasteiger partial charge on any atom is -0.370 e. The van der Waals surface area contributed by atoms with Gasteiger partial charge in [-0.1, -0.05) is 0 Å². The van der Waals surface area contributed by atoms with Gasteiger partial charge in [-0.3, -0.25) is 0 Å². The molecule has 0 atom stereocenters. The fourth-order valence-electron chi connectivity index (χ4n) is 1.18. The quantitative estimate of drug-likeness (QED) is 0.834. The molecule has 0 aliphatic carbocycles. The number of aromatic nitrogens is 1.